The van der Waals surface area contributed by atoms with Gasteiger partial charge in [-0.05, 0) is 126 Å². The van der Waals surface area contributed by atoms with Crippen LogP contribution in [0.2, 0.25) is 5.28 Å². The third-order valence-electron chi connectivity index (χ3n) is 15.0. The summed E-state index contributed by atoms with van der Waals surface area (Å²) < 4.78 is 0. The van der Waals surface area contributed by atoms with Gasteiger partial charge in [0.15, 0.2) is 0 Å². The summed E-state index contributed by atoms with van der Waals surface area (Å²) >= 11 is 1.40. The summed E-state index contributed by atoms with van der Waals surface area (Å²) in [6.07, 6.45) is 58.6. The van der Waals surface area contributed by atoms with Crippen molar-refractivity contribution in [2.45, 2.75) is 258 Å². The maximum absolute atomic E-state index is 2.68. The van der Waals surface area contributed by atoms with Crippen molar-refractivity contribution in [3.05, 3.63) is 34.9 Å². The standard InChI is InChI=1S/C52H93.Al.2H/c1-6-7-8-9-12-17-22-28-46(4)51-40-34-48(35-41-51)31-26-21-16-11-14-19-24-29-47(5)52-42-36-49(37-43-52)30-25-20-15-10-13-18-23-27-45(3)50-38-32-44(2)33-39-50;;;/h32,34,36,45-47,50-52H,1,6-31,33,35,37-43H2,2-5H3;;;. The molecule has 0 saturated heterocycles. The Morgan fingerprint density at radius 1 is 0.434 bits per heavy atom. The average Bonchev–Trinajstić information content (AvgIpc) is 3.18. The van der Waals surface area contributed by atoms with Crippen LogP contribution in [0.15, 0.2) is 34.9 Å². The fourth-order valence-electron chi connectivity index (χ4n) is 10.5. The smallest absolute Gasteiger partial charge is 0.101 e. The highest BCUT2D eigenvalue weighted by atomic mass is 27.0. The van der Waals surface area contributed by atoms with Crippen LogP contribution in [-0.4, -0.2) is 16.3 Å². The zero-order chi connectivity index (χ0) is 37.8. The molecule has 0 N–H and O–H groups in total. The monoisotopic (exact) mass is 747 g/mol. The number of unbranched alkanes of at least 4 members (excludes halogenated alkanes) is 18. The second-order valence-corrected chi connectivity index (χ2v) is 20.6. The number of hydrogen-bond donors (Lipinski definition) is 0. The molecule has 0 aromatic carbocycles. The maximum Gasteiger partial charge on any atom is 0.211 e. The summed E-state index contributed by atoms with van der Waals surface area (Å²) in [5.74, 6) is 5.70. The Morgan fingerprint density at radius 3 is 1.08 bits per heavy atom. The van der Waals surface area contributed by atoms with E-state index in [2.05, 4.69) is 45.9 Å². The zero-order valence-corrected chi connectivity index (χ0v) is 39.2. The van der Waals surface area contributed by atoms with Gasteiger partial charge >= 0.3 is 0 Å². The second kappa shape index (κ2) is 30.8. The molecule has 6 unspecified atom stereocenters. The largest absolute Gasteiger partial charge is 0.211 e. The van der Waals surface area contributed by atoms with Gasteiger partial charge in [0.1, 0.15) is 0 Å². The van der Waals surface area contributed by atoms with Crippen molar-refractivity contribution in [2.24, 2.45) is 35.5 Å². The molecule has 0 aliphatic heterocycles. The Bertz CT molecular complexity index is 970. The van der Waals surface area contributed by atoms with Gasteiger partial charge in [-0.15, -0.1) is 5.28 Å². The van der Waals surface area contributed by atoms with Crippen molar-refractivity contribution in [2.75, 3.05) is 0 Å². The molecule has 6 atom stereocenters. The van der Waals surface area contributed by atoms with Crippen LogP contribution in [0.3, 0.4) is 0 Å². The molecular formula is C52H95Al. The summed E-state index contributed by atoms with van der Waals surface area (Å²) in [7, 11) is 0. The molecule has 0 bridgehead atoms. The molecule has 0 amide bonds. The topological polar surface area (TPSA) is 0 Å². The lowest BCUT2D eigenvalue weighted by molar-refractivity contribution is 0.299. The van der Waals surface area contributed by atoms with Gasteiger partial charge in [0.25, 0.3) is 0 Å². The lowest BCUT2D eigenvalue weighted by Gasteiger charge is -2.27. The Morgan fingerprint density at radius 2 is 0.755 bits per heavy atom. The average molecular weight is 747 g/mol. The predicted octanol–water partition coefficient (Wildman–Crippen LogP) is 17.3. The molecule has 3 aliphatic rings. The van der Waals surface area contributed by atoms with E-state index in [0.717, 1.165) is 35.5 Å². The molecule has 0 fully saturated rings. The lowest BCUT2D eigenvalue weighted by atomic mass is 9.78. The van der Waals surface area contributed by atoms with Crippen LogP contribution in [-0.2, 0) is 0 Å². The Hall–Kier alpha value is -0.248. The van der Waals surface area contributed by atoms with Gasteiger partial charge in [-0.3, -0.25) is 0 Å². The van der Waals surface area contributed by atoms with E-state index < -0.39 is 0 Å². The van der Waals surface area contributed by atoms with E-state index in [1.807, 2.05) is 0 Å². The van der Waals surface area contributed by atoms with E-state index in [9.17, 15) is 0 Å². The summed E-state index contributed by atoms with van der Waals surface area (Å²) in [5.41, 5.74) is 5.24. The van der Waals surface area contributed by atoms with E-state index in [1.165, 1.54) is 246 Å². The summed E-state index contributed by atoms with van der Waals surface area (Å²) in [6.45, 7) is 9.96. The van der Waals surface area contributed by atoms with Crippen LogP contribution in [0.5, 0.6) is 0 Å². The number of allylic oxidation sites excluding steroid dienone is 6. The molecule has 0 aromatic rings. The van der Waals surface area contributed by atoms with Crippen molar-refractivity contribution < 1.29 is 0 Å². The molecule has 0 saturated carbocycles. The third kappa shape index (κ3) is 22.3. The van der Waals surface area contributed by atoms with Crippen LogP contribution in [0, 0.1) is 35.5 Å². The van der Waals surface area contributed by atoms with Crippen LogP contribution in [0.25, 0.3) is 0 Å². The molecule has 0 heterocycles. The summed E-state index contributed by atoms with van der Waals surface area (Å²) in [4.78, 5) is 0. The van der Waals surface area contributed by atoms with Crippen molar-refractivity contribution in [3.8, 4) is 0 Å². The van der Waals surface area contributed by atoms with Gasteiger partial charge in [0.2, 0.25) is 16.3 Å². The molecule has 0 nitrogen and oxygen atoms in total. The quantitative estimate of drug-likeness (QED) is 0.0365. The molecule has 3 aliphatic carbocycles. The van der Waals surface area contributed by atoms with Gasteiger partial charge in [-0.2, -0.15) is 0 Å². The van der Waals surface area contributed by atoms with Gasteiger partial charge in [0, 0.05) is 0 Å². The van der Waals surface area contributed by atoms with Gasteiger partial charge < -0.3 is 0 Å². The van der Waals surface area contributed by atoms with Gasteiger partial charge in [-0.1, -0.05) is 197 Å². The predicted molar refractivity (Wildman–Crippen MR) is 243 cm³/mol. The normalized spacial score (nSPS) is 22.6. The molecular weight excluding hydrogens is 652 g/mol. The maximum atomic E-state index is 2.68. The first-order chi connectivity index (χ1) is 26.0. The van der Waals surface area contributed by atoms with Crippen molar-refractivity contribution in [1.82, 2.24) is 0 Å². The van der Waals surface area contributed by atoms with Crippen molar-refractivity contribution >= 4 is 16.3 Å². The minimum absolute atomic E-state index is 0.928. The zero-order valence-electron chi connectivity index (χ0n) is 37.2. The molecule has 0 radical (unpaired) electrons. The fraction of sp³-hybridized carbons (Fsp3) is 0.885. The highest BCUT2D eigenvalue weighted by Gasteiger charge is 2.22. The van der Waals surface area contributed by atoms with Gasteiger partial charge in [0.05, 0.1) is 0 Å². The number of rotatable bonds is 32. The Balaban J connectivity index is 1.06. The minimum Gasteiger partial charge on any atom is -0.101 e. The van der Waals surface area contributed by atoms with E-state index in [4.69, 9.17) is 0 Å². The molecule has 3 rings (SSSR count). The summed E-state index contributed by atoms with van der Waals surface area (Å²) in [5, 5.41) is 1.51. The first-order valence-corrected chi connectivity index (χ1v) is 26.4. The first-order valence-electron chi connectivity index (χ1n) is 25.0. The summed E-state index contributed by atoms with van der Waals surface area (Å²) in [6, 6.07) is 0. The minimum atomic E-state index is 0.928. The van der Waals surface area contributed by atoms with Crippen molar-refractivity contribution in [3.63, 3.8) is 0 Å². The fourth-order valence-corrected chi connectivity index (χ4v) is 11.0. The highest BCUT2D eigenvalue weighted by Crippen LogP contribution is 2.36. The third-order valence-corrected chi connectivity index (χ3v) is 15.7. The van der Waals surface area contributed by atoms with Crippen molar-refractivity contribution in [1.29, 1.82) is 0 Å². The van der Waals surface area contributed by atoms with Gasteiger partial charge in [-0.25, -0.2) is 0 Å². The van der Waals surface area contributed by atoms with E-state index in [0.29, 0.717) is 0 Å². The second-order valence-electron chi connectivity index (χ2n) is 19.6. The van der Waals surface area contributed by atoms with E-state index >= 15 is 0 Å². The molecule has 0 aromatic heterocycles. The molecule has 0 spiro atoms. The SMILES string of the molecule is CC1=CCC(C(C)CCCCCCCCCC2=CCC(C(C)CCCCCCCCCC3=CCC(C(C)CCCCCCCC[CH2][AlH2])CC3)CC2)CC1. The first kappa shape index (κ1) is 47.1. The Kier molecular flexibility index (Phi) is 27.4. The van der Waals surface area contributed by atoms with Crippen LogP contribution >= 0.6 is 0 Å². The van der Waals surface area contributed by atoms with Crippen LogP contribution in [0.4, 0.5) is 0 Å². The lowest BCUT2D eigenvalue weighted by Crippen LogP contribution is -2.15. The Labute approximate surface area is 342 Å². The highest BCUT2D eigenvalue weighted by molar-refractivity contribution is 6.08. The van der Waals surface area contributed by atoms with E-state index in [1.54, 1.807) is 16.7 Å². The number of hydrogen-bond acceptors (Lipinski definition) is 0. The molecule has 53 heavy (non-hydrogen) atoms. The van der Waals surface area contributed by atoms with Crippen LogP contribution < -0.4 is 0 Å². The molecule has 306 valence electrons. The molecule has 1 heteroatoms. The van der Waals surface area contributed by atoms with Crippen LogP contribution in [0.1, 0.15) is 252 Å². The van der Waals surface area contributed by atoms with E-state index in [-0.39, 0.29) is 0 Å².